The number of alkyl halides is 2. The first-order valence-corrected chi connectivity index (χ1v) is 5.01. The summed E-state index contributed by atoms with van der Waals surface area (Å²) in [4.78, 5) is 3.95. The maximum absolute atomic E-state index is 13.0. The van der Waals surface area contributed by atoms with Gasteiger partial charge in [-0.3, -0.25) is 4.40 Å². The number of fused-ring (bicyclic) bond motifs is 1. The highest BCUT2D eigenvalue weighted by Crippen LogP contribution is 2.15. The molecule has 2 heterocycles. The van der Waals surface area contributed by atoms with E-state index in [2.05, 4.69) is 20.5 Å². The molecule has 0 aliphatic rings. The monoisotopic (exact) mass is 242 g/mol. The van der Waals surface area contributed by atoms with E-state index in [0.29, 0.717) is 11.5 Å². The summed E-state index contributed by atoms with van der Waals surface area (Å²) in [5.74, 6) is -2.04. The Morgan fingerprint density at radius 2 is 2.24 bits per heavy atom. The predicted octanol–water partition coefficient (Wildman–Crippen LogP) is 0.439. The molecule has 2 rings (SSSR count). The Balaban J connectivity index is 2.25. The van der Waals surface area contributed by atoms with Crippen molar-refractivity contribution in [2.24, 2.45) is 5.73 Å². The fraction of sp³-hybridized carbons (Fsp3) is 0.444. The molecular formula is C9H12F2N6. The number of nitrogens with zero attached hydrogens (tertiary/aromatic N) is 4. The fourth-order valence-corrected chi connectivity index (χ4v) is 1.35. The maximum atomic E-state index is 13.0. The summed E-state index contributed by atoms with van der Waals surface area (Å²) in [5.41, 5.74) is 5.36. The number of nitrogens with one attached hydrogen (secondary N) is 1. The van der Waals surface area contributed by atoms with E-state index in [1.54, 1.807) is 17.5 Å². The molecule has 0 bridgehead atoms. The van der Waals surface area contributed by atoms with Crippen LogP contribution in [0.3, 0.4) is 0 Å². The van der Waals surface area contributed by atoms with Crippen molar-refractivity contribution in [3.05, 3.63) is 18.2 Å². The summed E-state index contributed by atoms with van der Waals surface area (Å²) in [7, 11) is 0. The molecule has 0 spiro atoms. The van der Waals surface area contributed by atoms with Gasteiger partial charge in [0.15, 0.2) is 5.82 Å². The molecule has 0 atom stereocenters. The first-order valence-electron chi connectivity index (χ1n) is 5.01. The molecule has 0 saturated carbocycles. The van der Waals surface area contributed by atoms with E-state index in [-0.39, 0.29) is 5.82 Å². The number of aromatic nitrogens is 4. The van der Waals surface area contributed by atoms with Crippen molar-refractivity contribution in [1.29, 1.82) is 0 Å². The predicted molar refractivity (Wildman–Crippen MR) is 58.0 cm³/mol. The van der Waals surface area contributed by atoms with Crippen molar-refractivity contribution in [3.8, 4) is 0 Å². The van der Waals surface area contributed by atoms with Crippen LogP contribution in [0.15, 0.2) is 12.4 Å². The number of hydrogen-bond donors (Lipinski definition) is 2. The van der Waals surface area contributed by atoms with Crippen LogP contribution in [0.1, 0.15) is 5.82 Å². The van der Waals surface area contributed by atoms with Crippen LogP contribution in [0.25, 0.3) is 5.65 Å². The zero-order valence-electron chi connectivity index (χ0n) is 9.19. The standard InChI is InChI=1S/C9H12F2N6/c1-6-15-16-8-7(13-2-3-17(6)8)14-5-9(10,11)4-12/h2-3H,4-5,12H2,1H3,(H,13,14). The fourth-order valence-electron chi connectivity index (χ4n) is 1.35. The molecule has 2 aromatic heterocycles. The molecule has 3 N–H and O–H groups in total. The smallest absolute Gasteiger partial charge is 0.276 e. The van der Waals surface area contributed by atoms with Gasteiger partial charge in [0.25, 0.3) is 5.92 Å². The lowest BCUT2D eigenvalue weighted by atomic mass is 10.3. The number of halogens is 2. The number of nitrogens with two attached hydrogens (primary N) is 1. The first kappa shape index (κ1) is 11.6. The van der Waals surface area contributed by atoms with Gasteiger partial charge in [0.05, 0.1) is 13.1 Å². The van der Waals surface area contributed by atoms with Gasteiger partial charge in [0.2, 0.25) is 5.65 Å². The molecule has 0 aliphatic heterocycles. The van der Waals surface area contributed by atoms with Gasteiger partial charge < -0.3 is 11.1 Å². The van der Waals surface area contributed by atoms with E-state index in [1.165, 1.54) is 6.20 Å². The Morgan fingerprint density at radius 3 is 2.94 bits per heavy atom. The second-order valence-electron chi connectivity index (χ2n) is 3.63. The molecule has 6 nitrogen and oxygen atoms in total. The lowest BCUT2D eigenvalue weighted by Gasteiger charge is -2.14. The summed E-state index contributed by atoms with van der Waals surface area (Å²) >= 11 is 0. The van der Waals surface area contributed by atoms with Gasteiger partial charge >= 0.3 is 0 Å². The summed E-state index contributed by atoms with van der Waals surface area (Å²) in [5, 5.41) is 10.2. The lowest BCUT2D eigenvalue weighted by Crippen LogP contribution is -2.35. The molecule has 92 valence electrons. The molecule has 0 amide bonds. The van der Waals surface area contributed by atoms with Crippen molar-refractivity contribution < 1.29 is 8.78 Å². The second-order valence-corrected chi connectivity index (χ2v) is 3.63. The van der Waals surface area contributed by atoms with Crippen molar-refractivity contribution >= 4 is 11.5 Å². The van der Waals surface area contributed by atoms with Gasteiger partial charge in [-0.2, -0.15) is 0 Å². The lowest BCUT2D eigenvalue weighted by molar-refractivity contribution is 0.0253. The highest BCUT2D eigenvalue weighted by Gasteiger charge is 2.26. The SMILES string of the molecule is Cc1nnc2c(NCC(F)(F)CN)nccn12. The van der Waals surface area contributed by atoms with Crippen LogP contribution in [0.4, 0.5) is 14.6 Å². The third-order valence-electron chi connectivity index (χ3n) is 2.31. The van der Waals surface area contributed by atoms with E-state index in [0.717, 1.165) is 0 Å². The molecule has 0 aliphatic carbocycles. The summed E-state index contributed by atoms with van der Waals surface area (Å²) in [6.45, 7) is 0.467. The van der Waals surface area contributed by atoms with E-state index in [9.17, 15) is 8.78 Å². The Kier molecular flexibility index (Phi) is 2.88. The summed E-state index contributed by atoms with van der Waals surface area (Å²) < 4.78 is 27.6. The van der Waals surface area contributed by atoms with E-state index in [1.807, 2.05) is 0 Å². The van der Waals surface area contributed by atoms with Crippen LogP contribution in [0.5, 0.6) is 0 Å². The number of hydrogen-bond acceptors (Lipinski definition) is 5. The average molecular weight is 242 g/mol. The Morgan fingerprint density at radius 1 is 1.47 bits per heavy atom. The van der Waals surface area contributed by atoms with Crippen LogP contribution < -0.4 is 11.1 Å². The Labute approximate surface area is 95.9 Å². The minimum Gasteiger partial charge on any atom is -0.361 e. The average Bonchev–Trinajstić information content (AvgIpc) is 2.70. The topological polar surface area (TPSA) is 81.1 Å². The summed E-state index contributed by atoms with van der Waals surface area (Å²) in [6.07, 6.45) is 3.16. The molecular weight excluding hydrogens is 230 g/mol. The number of rotatable bonds is 4. The van der Waals surface area contributed by atoms with Crippen LogP contribution in [-0.4, -0.2) is 38.6 Å². The van der Waals surface area contributed by atoms with Crippen LogP contribution in [0, 0.1) is 6.92 Å². The Bertz CT molecular complexity index is 523. The van der Waals surface area contributed by atoms with Gasteiger partial charge in [0, 0.05) is 12.4 Å². The third-order valence-corrected chi connectivity index (χ3v) is 2.31. The quantitative estimate of drug-likeness (QED) is 0.813. The van der Waals surface area contributed by atoms with Crippen molar-refractivity contribution in [2.45, 2.75) is 12.8 Å². The minimum atomic E-state index is -2.97. The van der Waals surface area contributed by atoms with E-state index in [4.69, 9.17) is 5.73 Å². The number of aryl methyl sites for hydroxylation is 1. The molecule has 0 radical (unpaired) electrons. The third kappa shape index (κ3) is 2.31. The van der Waals surface area contributed by atoms with Crippen LogP contribution in [-0.2, 0) is 0 Å². The molecule has 0 saturated heterocycles. The van der Waals surface area contributed by atoms with Crippen LogP contribution in [0.2, 0.25) is 0 Å². The van der Waals surface area contributed by atoms with Crippen molar-refractivity contribution in [1.82, 2.24) is 19.6 Å². The molecule has 0 unspecified atom stereocenters. The highest BCUT2D eigenvalue weighted by atomic mass is 19.3. The normalized spacial score (nSPS) is 12.0. The highest BCUT2D eigenvalue weighted by molar-refractivity contribution is 5.61. The maximum Gasteiger partial charge on any atom is 0.276 e. The van der Waals surface area contributed by atoms with Crippen LogP contribution >= 0.6 is 0 Å². The van der Waals surface area contributed by atoms with Gasteiger partial charge in [-0.15, -0.1) is 10.2 Å². The molecule has 17 heavy (non-hydrogen) atoms. The minimum absolute atomic E-state index is 0.265. The second kappa shape index (κ2) is 4.21. The summed E-state index contributed by atoms with van der Waals surface area (Å²) in [6, 6.07) is 0. The molecule has 2 aromatic rings. The Hall–Kier alpha value is -1.83. The largest absolute Gasteiger partial charge is 0.361 e. The zero-order valence-corrected chi connectivity index (χ0v) is 9.19. The van der Waals surface area contributed by atoms with Crippen molar-refractivity contribution in [2.75, 3.05) is 18.4 Å². The molecule has 0 fully saturated rings. The van der Waals surface area contributed by atoms with Gasteiger partial charge in [-0.25, -0.2) is 13.8 Å². The van der Waals surface area contributed by atoms with Gasteiger partial charge in [-0.1, -0.05) is 0 Å². The first-order chi connectivity index (χ1) is 8.03. The molecule has 8 heteroatoms. The van der Waals surface area contributed by atoms with E-state index < -0.39 is 19.0 Å². The molecule has 0 aromatic carbocycles. The van der Waals surface area contributed by atoms with Crippen molar-refractivity contribution in [3.63, 3.8) is 0 Å². The van der Waals surface area contributed by atoms with E-state index >= 15 is 0 Å². The number of anilines is 1. The zero-order chi connectivity index (χ0) is 12.5. The van der Waals surface area contributed by atoms with Gasteiger partial charge in [0.1, 0.15) is 5.82 Å². The van der Waals surface area contributed by atoms with Gasteiger partial charge in [-0.05, 0) is 6.92 Å².